The molecule has 2 aliphatic rings. The second-order valence-corrected chi connectivity index (χ2v) is 8.31. The average molecular weight is 422 g/mol. The summed E-state index contributed by atoms with van der Waals surface area (Å²) in [7, 11) is 0. The van der Waals surface area contributed by atoms with Crippen LogP contribution in [0.1, 0.15) is 35.2 Å². The summed E-state index contributed by atoms with van der Waals surface area (Å²) >= 11 is 0. The van der Waals surface area contributed by atoms with Crippen LogP contribution in [0.25, 0.3) is 0 Å². The van der Waals surface area contributed by atoms with Crippen LogP contribution in [0.3, 0.4) is 0 Å². The lowest BCUT2D eigenvalue weighted by Crippen LogP contribution is -2.52. The molecule has 2 aromatic carbocycles. The molecule has 2 heterocycles. The molecule has 2 fully saturated rings. The second kappa shape index (κ2) is 10.4. The number of amides is 2. The second-order valence-electron chi connectivity index (χ2n) is 8.31. The number of likely N-dealkylation sites (tertiary alicyclic amines) is 1. The molecule has 0 aliphatic carbocycles. The van der Waals surface area contributed by atoms with Crippen molar-refractivity contribution in [2.24, 2.45) is 0 Å². The maximum atomic E-state index is 12.9. The highest BCUT2D eigenvalue weighted by molar-refractivity contribution is 5.94. The topological polar surface area (TPSA) is 53.1 Å². The molecule has 0 bridgehead atoms. The van der Waals surface area contributed by atoms with E-state index in [9.17, 15) is 9.59 Å². The minimum Gasteiger partial charge on any atom is -0.489 e. The van der Waals surface area contributed by atoms with Gasteiger partial charge in [-0.05, 0) is 49.1 Å². The summed E-state index contributed by atoms with van der Waals surface area (Å²) in [5, 5.41) is 0. The highest BCUT2D eigenvalue weighted by atomic mass is 16.5. The Morgan fingerprint density at radius 2 is 1.42 bits per heavy atom. The first kappa shape index (κ1) is 21.4. The zero-order valence-corrected chi connectivity index (χ0v) is 18.0. The highest BCUT2D eigenvalue weighted by Gasteiger charge is 2.25. The fraction of sp³-hybridized carbons (Fsp3) is 0.440. The highest BCUT2D eigenvalue weighted by Crippen LogP contribution is 2.17. The standard InChI is InChI=1S/C25H31N3O3/c29-24(27-13-5-2-6-14-27)19-26-15-17-28(18-16-26)25(30)22-9-11-23(12-10-22)31-20-21-7-3-1-4-8-21/h1,3-4,7-12H,2,5-6,13-20H2. The van der Waals surface area contributed by atoms with Crippen LogP contribution in [0.15, 0.2) is 54.6 Å². The van der Waals surface area contributed by atoms with Crippen molar-refractivity contribution in [3.8, 4) is 5.75 Å². The SMILES string of the molecule is O=C(CN1CCN(C(=O)c2ccc(OCc3ccccc3)cc2)CC1)N1CCCCC1. The van der Waals surface area contributed by atoms with Crippen LogP contribution < -0.4 is 4.74 Å². The fourth-order valence-corrected chi connectivity index (χ4v) is 4.16. The molecule has 2 aromatic rings. The number of carbonyl (C=O) groups excluding carboxylic acids is 2. The quantitative estimate of drug-likeness (QED) is 0.720. The van der Waals surface area contributed by atoms with E-state index in [4.69, 9.17) is 4.74 Å². The van der Waals surface area contributed by atoms with Crippen molar-refractivity contribution in [2.75, 3.05) is 45.8 Å². The van der Waals surface area contributed by atoms with Gasteiger partial charge in [-0.2, -0.15) is 0 Å². The molecule has 0 unspecified atom stereocenters. The number of rotatable bonds is 6. The van der Waals surface area contributed by atoms with E-state index in [0.717, 1.165) is 50.3 Å². The van der Waals surface area contributed by atoms with Gasteiger partial charge in [-0.25, -0.2) is 0 Å². The van der Waals surface area contributed by atoms with Crippen LogP contribution in [-0.2, 0) is 11.4 Å². The van der Waals surface area contributed by atoms with Crippen molar-refractivity contribution in [2.45, 2.75) is 25.9 Å². The molecule has 2 amide bonds. The van der Waals surface area contributed by atoms with Gasteiger partial charge in [0.05, 0.1) is 6.54 Å². The molecule has 2 saturated heterocycles. The molecule has 0 aromatic heterocycles. The first-order valence-electron chi connectivity index (χ1n) is 11.3. The molecule has 4 rings (SSSR count). The Morgan fingerprint density at radius 3 is 2.10 bits per heavy atom. The molecule has 0 N–H and O–H groups in total. The molecule has 0 radical (unpaired) electrons. The molecule has 6 heteroatoms. The Balaban J connectivity index is 1.23. The zero-order valence-electron chi connectivity index (χ0n) is 18.0. The Labute approximate surface area is 184 Å². The third-order valence-electron chi connectivity index (χ3n) is 6.08. The number of ether oxygens (including phenoxy) is 1. The Bertz CT molecular complexity index is 855. The van der Waals surface area contributed by atoms with Gasteiger partial charge in [0, 0.05) is 44.8 Å². The molecule has 31 heavy (non-hydrogen) atoms. The number of hydrogen-bond donors (Lipinski definition) is 0. The van der Waals surface area contributed by atoms with Gasteiger partial charge in [0.15, 0.2) is 0 Å². The minimum absolute atomic E-state index is 0.0385. The van der Waals surface area contributed by atoms with Crippen molar-refractivity contribution in [3.63, 3.8) is 0 Å². The maximum absolute atomic E-state index is 12.9. The van der Waals surface area contributed by atoms with Crippen LogP contribution in [0, 0.1) is 0 Å². The van der Waals surface area contributed by atoms with Crippen molar-refractivity contribution < 1.29 is 14.3 Å². The Hall–Kier alpha value is -2.86. The van der Waals surface area contributed by atoms with Crippen LogP contribution in [0.2, 0.25) is 0 Å². The molecular formula is C25H31N3O3. The van der Waals surface area contributed by atoms with Crippen LogP contribution >= 0.6 is 0 Å². The lowest BCUT2D eigenvalue weighted by molar-refractivity contribution is -0.133. The zero-order chi connectivity index (χ0) is 21.5. The van der Waals surface area contributed by atoms with Crippen molar-refractivity contribution in [3.05, 3.63) is 65.7 Å². The summed E-state index contributed by atoms with van der Waals surface area (Å²) in [6.07, 6.45) is 3.46. The summed E-state index contributed by atoms with van der Waals surface area (Å²) in [6, 6.07) is 17.4. The van der Waals surface area contributed by atoms with E-state index in [1.54, 1.807) is 0 Å². The first-order valence-corrected chi connectivity index (χ1v) is 11.3. The maximum Gasteiger partial charge on any atom is 0.253 e. The number of piperidine rings is 1. The summed E-state index contributed by atoms with van der Waals surface area (Å²) < 4.78 is 5.81. The number of benzene rings is 2. The van der Waals surface area contributed by atoms with Gasteiger partial charge in [0.25, 0.3) is 5.91 Å². The third kappa shape index (κ3) is 5.85. The number of carbonyl (C=O) groups is 2. The number of nitrogens with zero attached hydrogens (tertiary/aromatic N) is 3. The van der Waals surface area contributed by atoms with Crippen LogP contribution in [0.4, 0.5) is 0 Å². The van der Waals surface area contributed by atoms with Crippen molar-refractivity contribution >= 4 is 11.8 Å². The lowest BCUT2D eigenvalue weighted by atomic mass is 10.1. The smallest absolute Gasteiger partial charge is 0.253 e. The number of hydrogen-bond acceptors (Lipinski definition) is 4. The average Bonchev–Trinajstić information content (AvgIpc) is 2.84. The van der Waals surface area contributed by atoms with Gasteiger partial charge in [0.2, 0.25) is 5.91 Å². The lowest BCUT2D eigenvalue weighted by Gasteiger charge is -2.36. The molecule has 0 saturated carbocycles. The van der Waals surface area contributed by atoms with E-state index in [0.29, 0.717) is 31.8 Å². The van der Waals surface area contributed by atoms with Gasteiger partial charge in [-0.1, -0.05) is 30.3 Å². The van der Waals surface area contributed by atoms with Crippen molar-refractivity contribution in [1.29, 1.82) is 0 Å². The van der Waals surface area contributed by atoms with Gasteiger partial charge < -0.3 is 14.5 Å². The van der Waals surface area contributed by atoms with Gasteiger partial charge in [0.1, 0.15) is 12.4 Å². The fourth-order valence-electron chi connectivity index (χ4n) is 4.16. The summed E-state index contributed by atoms with van der Waals surface area (Å²) in [5.41, 5.74) is 1.78. The predicted octanol–water partition coefficient (Wildman–Crippen LogP) is 3.04. The van der Waals surface area contributed by atoms with E-state index in [1.807, 2.05) is 64.4 Å². The molecule has 164 valence electrons. The first-order chi connectivity index (χ1) is 15.2. The molecule has 6 nitrogen and oxygen atoms in total. The van der Waals surface area contributed by atoms with Gasteiger partial charge in [-0.15, -0.1) is 0 Å². The summed E-state index contributed by atoms with van der Waals surface area (Å²) in [6.45, 7) is 5.54. The van der Waals surface area contributed by atoms with E-state index < -0.39 is 0 Å². The van der Waals surface area contributed by atoms with E-state index >= 15 is 0 Å². The predicted molar refractivity (Wildman–Crippen MR) is 120 cm³/mol. The van der Waals surface area contributed by atoms with E-state index in [-0.39, 0.29) is 11.8 Å². The van der Waals surface area contributed by atoms with Crippen molar-refractivity contribution in [1.82, 2.24) is 14.7 Å². The summed E-state index contributed by atoms with van der Waals surface area (Å²) in [5.74, 6) is 1.02. The normalized spacial score (nSPS) is 17.4. The Morgan fingerprint density at radius 1 is 0.742 bits per heavy atom. The molecular weight excluding hydrogens is 390 g/mol. The monoisotopic (exact) mass is 421 g/mol. The van der Waals surface area contributed by atoms with Gasteiger partial charge >= 0.3 is 0 Å². The summed E-state index contributed by atoms with van der Waals surface area (Å²) in [4.78, 5) is 31.4. The number of piperazine rings is 1. The largest absolute Gasteiger partial charge is 0.489 e. The van der Waals surface area contributed by atoms with Crippen LogP contribution in [0.5, 0.6) is 5.75 Å². The van der Waals surface area contributed by atoms with Gasteiger partial charge in [-0.3, -0.25) is 14.5 Å². The minimum atomic E-state index is 0.0385. The van der Waals surface area contributed by atoms with E-state index in [1.165, 1.54) is 6.42 Å². The van der Waals surface area contributed by atoms with E-state index in [2.05, 4.69) is 4.90 Å². The molecule has 0 spiro atoms. The molecule has 2 aliphatic heterocycles. The molecule has 0 atom stereocenters. The Kier molecular flexibility index (Phi) is 7.20. The van der Waals surface area contributed by atoms with Crippen LogP contribution in [-0.4, -0.2) is 72.3 Å². The third-order valence-corrected chi connectivity index (χ3v) is 6.08.